The zero-order chi connectivity index (χ0) is 28.1. The Bertz CT molecular complexity index is 1100. The van der Waals surface area contributed by atoms with E-state index in [4.69, 9.17) is 0 Å². The summed E-state index contributed by atoms with van der Waals surface area (Å²) in [6, 6.07) is 7.78. The van der Waals surface area contributed by atoms with Crippen molar-refractivity contribution in [2.45, 2.75) is 92.7 Å². The second-order valence-electron chi connectivity index (χ2n) is 10.2. The molecule has 2 aromatic carbocycles. The first-order chi connectivity index (χ1) is 18.3. The molecule has 2 aromatic rings. The number of rotatable bonds is 6. The third-order valence-electron chi connectivity index (χ3n) is 7.67. The Morgan fingerprint density at radius 1 is 1.05 bits per heavy atom. The van der Waals surface area contributed by atoms with Crippen LogP contribution in [0.25, 0.3) is 5.70 Å². The molecule has 0 unspecified atom stereocenters. The maximum absolute atomic E-state index is 10.5. The molecule has 3 N–H and O–H groups in total. The lowest BCUT2D eigenvalue weighted by Gasteiger charge is -2.25. The minimum atomic E-state index is 0.130. The topological polar surface area (TPSA) is 72.8 Å². The Labute approximate surface area is 230 Å². The fourth-order valence-electron chi connectivity index (χ4n) is 5.29. The van der Waals surface area contributed by atoms with Gasteiger partial charge in [-0.3, -0.25) is 4.79 Å². The van der Waals surface area contributed by atoms with Crippen LogP contribution in [-0.2, 0) is 17.9 Å². The molecule has 0 bridgehead atoms. The molecule has 1 heterocycles. The Hall–Kier alpha value is -3.21. The zero-order valence-electron chi connectivity index (χ0n) is 24.3. The second kappa shape index (κ2) is 15.9. The van der Waals surface area contributed by atoms with Gasteiger partial charge in [-0.1, -0.05) is 76.7 Å². The van der Waals surface area contributed by atoms with Crippen LogP contribution in [0.1, 0.15) is 93.5 Å². The van der Waals surface area contributed by atoms with Gasteiger partial charge < -0.3 is 20.4 Å². The molecular weight excluding hydrogens is 472 g/mol. The predicted molar refractivity (Wildman–Crippen MR) is 160 cm³/mol. The fraction of sp³-hybridized carbons (Fsp3) is 0.485. The third-order valence-corrected chi connectivity index (χ3v) is 7.67. The summed E-state index contributed by atoms with van der Waals surface area (Å²) in [6.45, 7) is 11.7. The number of carbonyl (C=O) groups is 1. The summed E-state index contributed by atoms with van der Waals surface area (Å²) in [5.74, 6) is 1.35. The molecular formula is C33H48N2O3. The summed E-state index contributed by atoms with van der Waals surface area (Å²) in [5, 5.41) is 23.8. The van der Waals surface area contributed by atoms with Crippen molar-refractivity contribution in [3.05, 3.63) is 70.3 Å². The van der Waals surface area contributed by atoms with E-state index in [1.54, 1.807) is 13.0 Å². The molecule has 1 aliphatic carbocycles. The molecule has 5 heteroatoms. The van der Waals surface area contributed by atoms with Crippen molar-refractivity contribution in [1.29, 1.82) is 0 Å². The van der Waals surface area contributed by atoms with E-state index in [0.29, 0.717) is 0 Å². The highest BCUT2D eigenvalue weighted by Gasteiger charge is 2.26. The molecule has 208 valence electrons. The SMILES string of the molecule is C/C=C/C=O.CC/C=C(\c1c(O)cc(O)c(C)c1C)N1Cc2cccc(NC)c2C1.CCC1CCCCC1. The smallest absolute Gasteiger partial charge is 0.142 e. The van der Waals surface area contributed by atoms with Gasteiger partial charge in [0.25, 0.3) is 0 Å². The molecule has 38 heavy (non-hydrogen) atoms. The number of nitrogens with one attached hydrogen (secondary N) is 1. The van der Waals surface area contributed by atoms with Crippen molar-refractivity contribution in [1.82, 2.24) is 4.90 Å². The van der Waals surface area contributed by atoms with E-state index in [2.05, 4.69) is 48.3 Å². The van der Waals surface area contributed by atoms with E-state index in [1.165, 1.54) is 61.8 Å². The number of fused-ring (bicyclic) bond motifs is 1. The lowest BCUT2D eigenvalue weighted by molar-refractivity contribution is -0.104. The molecule has 4 rings (SSSR count). The van der Waals surface area contributed by atoms with Crippen LogP contribution in [0.5, 0.6) is 11.5 Å². The van der Waals surface area contributed by atoms with Crippen LogP contribution in [0.2, 0.25) is 0 Å². The Morgan fingerprint density at radius 3 is 2.29 bits per heavy atom. The van der Waals surface area contributed by atoms with Crippen molar-refractivity contribution < 1.29 is 15.0 Å². The van der Waals surface area contributed by atoms with Gasteiger partial charge in [-0.2, -0.15) is 0 Å². The number of aldehydes is 1. The van der Waals surface area contributed by atoms with E-state index < -0.39 is 0 Å². The summed E-state index contributed by atoms with van der Waals surface area (Å²) in [4.78, 5) is 11.6. The Balaban J connectivity index is 0.000000320. The van der Waals surface area contributed by atoms with Gasteiger partial charge in [0.1, 0.15) is 17.8 Å². The van der Waals surface area contributed by atoms with Crippen molar-refractivity contribution in [2.24, 2.45) is 5.92 Å². The first-order valence-corrected chi connectivity index (χ1v) is 14.1. The number of phenols is 2. The average molecular weight is 521 g/mol. The van der Waals surface area contributed by atoms with Gasteiger partial charge in [0.15, 0.2) is 0 Å². The lowest BCUT2D eigenvalue weighted by atomic mass is 9.88. The van der Waals surface area contributed by atoms with Gasteiger partial charge in [0.2, 0.25) is 0 Å². The number of allylic oxidation sites excluding steroid dienone is 3. The van der Waals surface area contributed by atoms with Gasteiger partial charge in [0, 0.05) is 43.2 Å². The van der Waals surface area contributed by atoms with E-state index >= 15 is 0 Å². The molecule has 1 fully saturated rings. The highest BCUT2D eigenvalue weighted by atomic mass is 16.3. The standard InChI is InChI=1S/C21H26N2O2.C8H16.C4H6O/c1-5-7-18(21-14(3)13(2)19(24)10-20(21)25)23-11-15-8-6-9-17(22-4)16(15)12-23;1-2-8-6-4-3-5-7-8;1-2-3-4-5/h6-10,22,24-25H,5,11-12H2,1-4H3;8H,2-7H2,1H3;2-4H,1H3/b18-7+;;3-2+. The van der Waals surface area contributed by atoms with Crippen molar-refractivity contribution >= 4 is 17.7 Å². The molecule has 0 amide bonds. The minimum Gasteiger partial charge on any atom is -0.508 e. The number of hydrogen-bond acceptors (Lipinski definition) is 5. The molecule has 5 nitrogen and oxygen atoms in total. The van der Waals surface area contributed by atoms with Crippen molar-refractivity contribution in [3.63, 3.8) is 0 Å². The molecule has 0 radical (unpaired) electrons. The summed E-state index contributed by atoms with van der Waals surface area (Å²) in [7, 11) is 1.94. The molecule has 0 saturated heterocycles. The highest BCUT2D eigenvalue weighted by molar-refractivity contribution is 5.75. The van der Waals surface area contributed by atoms with Gasteiger partial charge in [-0.15, -0.1) is 0 Å². The van der Waals surface area contributed by atoms with Gasteiger partial charge in [0.05, 0.1) is 0 Å². The Kier molecular flexibility index (Phi) is 13.0. The number of aromatic hydroxyl groups is 2. The van der Waals surface area contributed by atoms with Crippen LogP contribution in [0, 0.1) is 19.8 Å². The summed E-state index contributed by atoms with van der Waals surface area (Å²) >= 11 is 0. The first-order valence-electron chi connectivity index (χ1n) is 14.1. The number of phenolic OH excluding ortho intramolecular Hbond substituents is 2. The molecule has 0 aromatic heterocycles. The van der Waals surface area contributed by atoms with Gasteiger partial charge in [-0.05, 0) is 67.5 Å². The van der Waals surface area contributed by atoms with Crippen molar-refractivity contribution in [3.8, 4) is 11.5 Å². The lowest BCUT2D eigenvalue weighted by Crippen LogP contribution is -2.16. The monoisotopic (exact) mass is 520 g/mol. The third kappa shape index (κ3) is 8.14. The maximum atomic E-state index is 10.5. The molecule has 2 aliphatic rings. The van der Waals surface area contributed by atoms with Crippen LogP contribution in [-0.4, -0.2) is 28.4 Å². The average Bonchev–Trinajstić information content (AvgIpc) is 3.37. The van der Waals surface area contributed by atoms with E-state index in [-0.39, 0.29) is 11.5 Å². The second-order valence-corrected chi connectivity index (χ2v) is 10.2. The normalized spacial score (nSPS) is 15.3. The summed E-state index contributed by atoms with van der Waals surface area (Å²) in [6.07, 6.45) is 15.8. The van der Waals surface area contributed by atoms with E-state index in [1.807, 2.05) is 20.9 Å². The zero-order valence-corrected chi connectivity index (χ0v) is 24.3. The summed E-state index contributed by atoms with van der Waals surface area (Å²) in [5.41, 5.74) is 7.33. The van der Waals surface area contributed by atoms with Gasteiger partial charge in [-0.25, -0.2) is 0 Å². The van der Waals surface area contributed by atoms with Crippen LogP contribution in [0.15, 0.2) is 42.5 Å². The van der Waals surface area contributed by atoms with Crippen molar-refractivity contribution in [2.75, 3.05) is 12.4 Å². The van der Waals surface area contributed by atoms with E-state index in [0.717, 1.165) is 59.8 Å². The molecule has 0 atom stereocenters. The number of benzene rings is 2. The Morgan fingerprint density at radius 2 is 1.76 bits per heavy atom. The fourth-order valence-corrected chi connectivity index (χ4v) is 5.29. The number of nitrogens with zero attached hydrogens (tertiary/aromatic N) is 1. The predicted octanol–water partition coefficient (Wildman–Crippen LogP) is 8.26. The summed E-state index contributed by atoms with van der Waals surface area (Å²) < 4.78 is 0. The number of anilines is 1. The van der Waals surface area contributed by atoms with E-state index in [9.17, 15) is 15.0 Å². The maximum Gasteiger partial charge on any atom is 0.142 e. The number of hydrogen-bond donors (Lipinski definition) is 3. The number of carbonyl (C=O) groups excluding carboxylic acids is 1. The molecule has 0 spiro atoms. The first kappa shape index (κ1) is 31.0. The van der Waals surface area contributed by atoms with Crippen LogP contribution in [0.4, 0.5) is 5.69 Å². The largest absolute Gasteiger partial charge is 0.508 e. The minimum absolute atomic E-state index is 0.130. The quantitative estimate of drug-likeness (QED) is 0.264. The molecule has 1 saturated carbocycles. The highest BCUT2D eigenvalue weighted by Crippen LogP contribution is 2.41. The molecule has 1 aliphatic heterocycles. The van der Waals surface area contributed by atoms with Gasteiger partial charge >= 0.3 is 0 Å². The van der Waals surface area contributed by atoms with Crippen LogP contribution in [0.3, 0.4) is 0 Å². The van der Waals surface area contributed by atoms with Crippen LogP contribution < -0.4 is 5.32 Å². The van der Waals surface area contributed by atoms with Crippen LogP contribution >= 0.6 is 0 Å².